The lowest BCUT2D eigenvalue weighted by molar-refractivity contribution is -0.224. The molecule has 1 unspecified atom stereocenters. The molecule has 0 aliphatic heterocycles. The minimum absolute atomic E-state index is 0.00801. The number of thiocarbonyl (C=S) groups is 1. The third kappa shape index (κ3) is 3.25. The summed E-state index contributed by atoms with van der Waals surface area (Å²) in [4.78, 5) is 25.5. The van der Waals surface area contributed by atoms with Gasteiger partial charge in [0.05, 0.1) is 6.10 Å². The molecule has 0 aromatic rings. The molecule has 0 aromatic heterocycles. The molecule has 4 saturated carbocycles. The first-order chi connectivity index (χ1) is 17.5. The Morgan fingerprint density at radius 1 is 1.24 bits per heavy atom. The van der Waals surface area contributed by atoms with Crippen LogP contribution in [0.3, 0.4) is 0 Å². The summed E-state index contributed by atoms with van der Waals surface area (Å²) in [6, 6.07) is 0. The molecule has 0 amide bonds. The average Bonchev–Trinajstić information content (AvgIpc) is 3.27. The summed E-state index contributed by atoms with van der Waals surface area (Å²) in [5, 5.41) is 11.2. The van der Waals surface area contributed by atoms with E-state index in [1.165, 1.54) is 19.1 Å². The van der Waals surface area contributed by atoms with Crippen LogP contribution in [0.15, 0.2) is 23.8 Å². The van der Waals surface area contributed by atoms with Crippen LogP contribution >= 0.6 is 35.4 Å². The number of hydrogen-bond donors (Lipinski definition) is 1. The van der Waals surface area contributed by atoms with E-state index in [2.05, 4.69) is 0 Å². The smallest absolute Gasteiger partial charge is 0.316 e. The number of carbonyl (C=O) groups is 2. The van der Waals surface area contributed by atoms with Crippen molar-refractivity contribution in [3.63, 3.8) is 0 Å². The van der Waals surface area contributed by atoms with Gasteiger partial charge in [-0.1, -0.05) is 19.9 Å². The number of fused-ring (bicyclic) bond motifs is 5. The van der Waals surface area contributed by atoms with Gasteiger partial charge in [0, 0.05) is 29.1 Å². The molecule has 5 nitrogen and oxygen atoms in total. The molecule has 5 aliphatic carbocycles. The monoisotopic (exact) mass is 594 g/mol. The van der Waals surface area contributed by atoms with Crippen molar-refractivity contribution in [1.82, 2.24) is 0 Å². The second-order valence-electron chi connectivity index (χ2n) is 12.4. The lowest BCUT2D eigenvalue weighted by Gasteiger charge is -2.63. The van der Waals surface area contributed by atoms with Crippen molar-refractivity contribution in [2.24, 2.45) is 34.0 Å². The predicted molar refractivity (Wildman–Crippen MR) is 139 cm³/mol. The Morgan fingerprint density at radius 3 is 2.45 bits per heavy atom. The number of aliphatic hydroxyl groups excluding tert-OH is 1. The molecule has 0 bridgehead atoms. The van der Waals surface area contributed by atoms with E-state index in [0.717, 1.165) is 6.08 Å². The van der Waals surface area contributed by atoms with Gasteiger partial charge in [-0.3, -0.25) is 9.59 Å². The average molecular weight is 596 g/mol. The molecule has 11 heteroatoms. The highest BCUT2D eigenvalue weighted by molar-refractivity contribution is 7.80. The SMILES string of the molecule is C[C@@H]1C[C@H]2[C@@H]3C[C@H](F)C4=CC(=O)C=C[C@]4(C)[C@@]3(F)[C@@H](O)C[C@]2(C)[C@@]1(OC(=O)C1(C)CC1(Cl)Cl)C(=S)OCF. The number of allylic oxidation sites excluding steroid dienone is 4. The molecule has 1 N–H and O–H groups in total. The number of ether oxygens (including phenoxy) is 2. The maximum Gasteiger partial charge on any atom is 0.316 e. The second-order valence-corrected chi connectivity index (χ2v) is 14.2. The van der Waals surface area contributed by atoms with E-state index in [1.807, 2.05) is 0 Å². The van der Waals surface area contributed by atoms with Crippen molar-refractivity contribution < 1.29 is 37.3 Å². The van der Waals surface area contributed by atoms with Gasteiger partial charge in [0.1, 0.15) is 15.9 Å². The summed E-state index contributed by atoms with van der Waals surface area (Å²) < 4.78 is 56.6. The second kappa shape index (κ2) is 8.43. The van der Waals surface area contributed by atoms with Crippen LogP contribution in [0.1, 0.15) is 53.4 Å². The Kier molecular flexibility index (Phi) is 6.29. The zero-order chi connectivity index (χ0) is 28.3. The Hall–Kier alpha value is -1.16. The lowest BCUT2D eigenvalue weighted by atomic mass is 9.44. The topological polar surface area (TPSA) is 72.8 Å². The fourth-order valence-corrected chi connectivity index (χ4v) is 9.46. The van der Waals surface area contributed by atoms with E-state index in [0.29, 0.717) is 0 Å². The maximum absolute atomic E-state index is 17.4. The fourth-order valence-electron chi connectivity index (χ4n) is 8.25. The Morgan fingerprint density at radius 2 is 1.87 bits per heavy atom. The molecule has 10 atom stereocenters. The van der Waals surface area contributed by atoms with Gasteiger partial charge in [0.15, 0.2) is 17.1 Å². The molecule has 0 saturated heterocycles. The van der Waals surface area contributed by atoms with Gasteiger partial charge in [-0.15, -0.1) is 23.2 Å². The number of esters is 1. The number of alkyl halides is 5. The normalized spacial score (nSPS) is 50.3. The molecule has 4 fully saturated rings. The lowest BCUT2D eigenvalue weighted by Crippen LogP contribution is -2.71. The predicted octanol–water partition coefficient (Wildman–Crippen LogP) is 5.69. The molecule has 38 heavy (non-hydrogen) atoms. The van der Waals surface area contributed by atoms with Crippen molar-refractivity contribution in [1.29, 1.82) is 0 Å². The molecule has 210 valence electrons. The van der Waals surface area contributed by atoms with Crippen LogP contribution < -0.4 is 0 Å². The van der Waals surface area contributed by atoms with E-state index in [4.69, 9.17) is 44.9 Å². The minimum Gasteiger partial charge on any atom is -0.452 e. The van der Waals surface area contributed by atoms with Crippen molar-refractivity contribution in [2.75, 3.05) is 6.86 Å². The van der Waals surface area contributed by atoms with Crippen LogP contribution in [0.25, 0.3) is 0 Å². The van der Waals surface area contributed by atoms with Crippen LogP contribution in [0.4, 0.5) is 13.2 Å². The zero-order valence-corrected chi connectivity index (χ0v) is 23.9. The summed E-state index contributed by atoms with van der Waals surface area (Å²) >= 11 is 18.0. The Labute approximate surface area is 235 Å². The van der Waals surface area contributed by atoms with Gasteiger partial charge in [-0.05, 0) is 69.0 Å². The van der Waals surface area contributed by atoms with Gasteiger partial charge in [-0.2, -0.15) is 0 Å². The summed E-state index contributed by atoms with van der Waals surface area (Å²) in [5.41, 5.74) is -8.12. The van der Waals surface area contributed by atoms with Crippen molar-refractivity contribution in [3.05, 3.63) is 23.8 Å². The molecule has 0 aromatic carbocycles. The highest BCUT2D eigenvalue weighted by Gasteiger charge is 2.79. The van der Waals surface area contributed by atoms with Crippen molar-refractivity contribution in [2.45, 2.75) is 81.3 Å². The summed E-state index contributed by atoms with van der Waals surface area (Å²) in [6.07, 6.45) is 0.259. The molecular formula is C27H31Cl2F3O5S. The largest absolute Gasteiger partial charge is 0.452 e. The third-order valence-corrected chi connectivity index (χ3v) is 12.1. The molecular weight excluding hydrogens is 564 g/mol. The van der Waals surface area contributed by atoms with Crippen molar-refractivity contribution in [3.8, 4) is 0 Å². The van der Waals surface area contributed by atoms with Crippen LogP contribution in [0, 0.1) is 34.0 Å². The highest BCUT2D eigenvalue weighted by atomic mass is 35.5. The van der Waals surface area contributed by atoms with Crippen LogP contribution in [0.2, 0.25) is 0 Å². The number of aliphatic hydroxyl groups is 1. The van der Waals surface area contributed by atoms with Gasteiger partial charge < -0.3 is 14.6 Å². The maximum atomic E-state index is 17.4. The Balaban J connectivity index is 1.62. The van der Waals surface area contributed by atoms with Gasteiger partial charge in [0.2, 0.25) is 11.9 Å². The fraction of sp³-hybridized carbons (Fsp3) is 0.741. The number of halogens is 5. The molecule has 0 radical (unpaired) electrons. The van der Waals surface area contributed by atoms with E-state index in [-0.39, 0.29) is 36.3 Å². The van der Waals surface area contributed by atoms with E-state index >= 15 is 8.78 Å². The third-order valence-electron chi connectivity index (χ3n) is 10.6. The quantitative estimate of drug-likeness (QED) is 0.256. The number of rotatable bonds is 4. The van der Waals surface area contributed by atoms with Gasteiger partial charge >= 0.3 is 5.97 Å². The van der Waals surface area contributed by atoms with Gasteiger partial charge in [0.25, 0.3) is 0 Å². The molecule has 5 rings (SSSR count). The summed E-state index contributed by atoms with van der Waals surface area (Å²) in [7, 11) is 0. The molecule has 0 heterocycles. The van der Waals surface area contributed by atoms with Gasteiger partial charge in [-0.25, -0.2) is 13.2 Å². The van der Waals surface area contributed by atoms with E-state index in [1.54, 1.807) is 20.8 Å². The first kappa shape index (κ1) is 28.4. The van der Waals surface area contributed by atoms with E-state index in [9.17, 15) is 19.1 Å². The summed E-state index contributed by atoms with van der Waals surface area (Å²) in [5.74, 6) is -3.45. The number of hydrogen-bond acceptors (Lipinski definition) is 6. The first-order valence-electron chi connectivity index (χ1n) is 12.8. The number of ketones is 1. The van der Waals surface area contributed by atoms with Crippen LogP contribution in [-0.2, 0) is 19.1 Å². The van der Waals surface area contributed by atoms with E-state index < -0.39 is 80.5 Å². The highest BCUT2D eigenvalue weighted by Crippen LogP contribution is 2.73. The van der Waals surface area contributed by atoms with Crippen LogP contribution in [-0.4, -0.2) is 56.6 Å². The molecule has 5 aliphatic rings. The van der Waals surface area contributed by atoms with Crippen LogP contribution in [0.5, 0.6) is 0 Å². The molecule has 0 spiro atoms. The Bertz CT molecular complexity index is 1180. The standard InChI is InChI=1S/C27H31Cl2F3O5S/c1-13-7-15-16-9-18(31)17-8-14(33)5-6-22(17,2)26(16,32)19(34)10-23(15,3)27(13,21(38)36-12-30)37-20(35)24(4)11-25(24,28)29/h5-6,8,13,15-16,18-19,34H,7,9-12H2,1-4H3/t13-,15+,16+,18+,19+,22+,23+,24?,26+,27+/m1/s1. The minimum atomic E-state index is -2.32. The first-order valence-corrected chi connectivity index (χ1v) is 13.9. The zero-order valence-electron chi connectivity index (χ0n) is 21.5. The van der Waals surface area contributed by atoms with Crippen molar-refractivity contribution >= 4 is 52.2 Å². The summed E-state index contributed by atoms with van der Waals surface area (Å²) in [6.45, 7) is 5.21. The number of carbonyl (C=O) groups excluding carboxylic acids is 2.